The van der Waals surface area contributed by atoms with Crippen LogP contribution in [0.3, 0.4) is 0 Å². The van der Waals surface area contributed by atoms with Gasteiger partial charge in [-0.1, -0.05) is 36.1 Å². The van der Waals surface area contributed by atoms with Crippen LogP contribution < -0.4 is 14.8 Å². The molecule has 8 nitrogen and oxygen atoms in total. The summed E-state index contributed by atoms with van der Waals surface area (Å²) in [5.41, 5.74) is 3.10. The van der Waals surface area contributed by atoms with Crippen molar-refractivity contribution in [2.45, 2.75) is 6.42 Å². The lowest BCUT2D eigenvalue weighted by Crippen LogP contribution is -2.34. The van der Waals surface area contributed by atoms with Crippen LogP contribution in [0.2, 0.25) is 0 Å². The molecule has 1 aromatic heterocycles. The SMILES string of the molecule is COc1cc(Nc2ncnc3ccc(C#CC4=CCCN(S(C)(=O)=O)C4)cc23)ccc1Oc1ccccc1. The topological polar surface area (TPSA) is 93.6 Å². The Kier molecular flexibility index (Phi) is 7.26. The zero-order chi connectivity index (χ0) is 26.5. The molecule has 2 heterocycles. The fourth-order valence-electron chi connectivity index (χ4n) is 4.06. The first-order valence-corrected chi connectivity index (χ1v) is 13.8. The number of hydrogen-bond donors (Lipinski definition) is 1. The van der Waals surface area contributed by atoms with Crippen LogP contribution in [0.1, 0.15) is 12.0 Å². The van der Waals surface area contributed by atoms with Gasteiger partial charge in [0.25, 0.3) is 0 Å². The summed E-state index contributed by atoms with van der Waals surface area (Å²) in [7, 11) is -1.65. The van der Waals surface area contributed by atoms with Gasteiger partial charge >= 0.3 is 0 Å². The molecule has 0 bridgehead atoms. The Morgan fingerprint density at radius 3 is 2.61 bits per heavy atom. The van der Waals surface area contributed by atoms with Gasteiger partial charge in [-0.3, -0.25) is 0 Å². The molecular formula is C29H26N4O4S. The van der Waals surface area contributed by atoms with E-state index in [1.807, 2.05) is 72.8 Å². The molecule has 4 aromatic rings. The minimum Gasteiger partial charge on any atom is -0.493 e. The summed E-state index contributed by atoms with van der Waals surface area (Å²) in [6, 6.07) is 20.8. The summed E-state index contributed by atoms with van der Waals surface area (Å²) in [5, 5.41) is 4.15. The Balaban J connectivity index is 1.39. The van der Waals surface area contributed by atoms with Gasteiger partial charge in [0.05, 0.1) is 18.9 Å². The van der Waals surface area contributed by atoms with Crippen molar-refractivity contribution in [3.8, 4) is 29.1 Å². The number of nitrogens with zero attached hydrogens (tertiary/aromatic N) is 3. The maximum absolute atomic E-state index is 11.9. The highest BCUT2D eigenvalue weighted by molar-refractivity contribution is 7.88. The van der Waals surface area contributed by atoms with E-state index in [1.54, 1.807) is 7.11 Å². The second-order valence-electron chi connectivity index (χ2n) is 8.72. The molecule has 0 saturated heterocycles. The molecule has 1 aliphatic rings. The minimum atomic E-state index is -3.25. The van der Waals surface area contributed by atoms with Gasteiger partial charge in [0.2, 0.25) is 10.0 Å². The average Bonchev–Trinajstić information content (AvgIpc) is 2.93. The summed E-state index contributed by atoms with van der Waals surface area (Å²) in [6.07, 6.45) is 5.37. The quantitative estimate of drug-likeness (QED) is 0.349. The number of rotatable bonds is 6. The maximum atomic E-state index is 11.9. The van der Waals surface area contributed by atoms with Crippen molar-refractivity contribution in [2.75, 3.05) is 31.8 Å². The van der Waals surface area contributed by atoms with Crippen molar-refractivity contribution in [1.29, 1.82) is 0 Å². The molecule has 3 aromatic carbocycles. The van der Waals surface area contributed by atoms with Crippen molar-refractivity contribution in [3.05, 3.63) is 90.3 Å². The van der Waals surface area contributed by atoms with Crippen LogP contribution >= 0.6 is 0 Å². The summed E-state index contributed by atoms with van der Waals surface area (Å²) in [4.78, 5) is 8.83. The highest BCUT2D eigenvalue weighted by atomic mass is 32.2. The number of ether oxygens (including phenoxy) is 2. The van der Waals surface area contributed by atoms with E-state index >= 15 is 0 Å². The molecular weight excluding hydrogens is 500 g/mol. The number of methoxy groups -OCH3 is 1. The van der Waals surface area contributed by atoms with Gasteiger partial charge in [0.15, 0.2) is 11.5 Å². The number of sulfonamides is 1. The van der Waals surface area contributed by atoms with E-state index in [-0.39, 0.29) is 0 Å². The van der Waals surface area contributed by atoms with E-state index in [2.05, 4.69) is 27.1 Å². The third-order valence-electron chi connectivity index (χ3n) is 5.99. The van der Waals surface area contributed by atoms with Crippen LogP contribution in [0.4, 0.5) is 11.5 Å². The zero-order valence-corrected chi connectivity index (χ0v) is 21.8. The molecule has 0 spiro atoms. The number of para-hydroxylation sites is 1. The zero-order valence-electron chi connectivity index (χ0n) is 21.0. The first kappa shape index (κ1) is 25.3. The first-order chi connectivity index (χ1) is 18.4. The molecule has 9 heteroatoms. The van der Waals surface area contributed by atoms with Gasteiger partial charge in [-0.15, -0.1) is 0 Å². The molecule has 38 heavy (non-hydrogen) atoms. The Morgan fingerprint density at radius 1 is 0.974 bits per heavy atom. The summed E-state index contributed by atoms with van der Waals surface area (Å²) in [5.74, 6) is 8.80. The van der Waals surface area contributed by atoms with E-state index < -0.39 is 10.0 Å². The minimum absolute atomic E-state index is 0.293. The number of anilines is 2. The monoisotopic (exact) mass is 526 g/mol. The number of hydrogen-bond acceptors (Lipinski definition) is 7. The number of aromatic nitrogens is 2. The van der Waals surface area contributed by atoms with E-state index in [0.717, 1.165) is 33.5 Å². The fraction of sp³-hybridized carbons (Fsp3) is 0.172. The molecule has 0 atom stereocenters. The fourth-order valence-corrected chi connectivity index (χ4v) is 4.87. The molecule has 192 valence electrons. The largest absolute Gasteiger partial charge is 0.493 e. The second kappa shape index (κ2) is 10.9. The van der Waals surface area contributed by atoms with Gasteiger partial charge in [-0.25, -0.2) is 18.4 Å². The van der Waals surface area contributed by atoms with E-state index in [9.17, 15) is 8.42 Å². The van der Waals surface area contributed by atoms with Gasteiger partial charge in [0, 0.05) is 41.4 Å². The Hall–Kier alpha value is -4.39. The Morgan fingerprint density at radius 2 is 1.82 bits per heavy atom. The third-order valence-corrected chi connectivity index (χ3v) is 7.23. The molecule has 0 fully saturated rings. The summed E-state index contributed by atoms with van der Waals surface area (Å²) < 4.78 is 36.8. The van der Waals surface area contributed by atoms with Crippen LogP contribution in [0.15, 0.2) is 84.7 Å². The molecule has 0 saturated carbocycles. The first-order valence-electron chi connectivity index (χ1n) is 12.0. The van der Waals surface area contributed by atoms with E-state index in [4.69, 9.17) is 9.47 Å². The highest BCUT2D eigenvalue weighted by Crippen LogP contribution is 2.35. The van der Waals surface area contributed by atoms with Gasteiger partial charge in [-0.2, -0.15) is 4.31 Å². The van der Waals surface area contributed by atoms with Crippen LogP contribution in [-0.2, 0) is 10.0 Å². The Labute approximate surface area is 222 Å². The smallest absolute Gasteiger partial charge is 0.211 e. The summed E-state index contributed by atoms with van der Waals surface area (Å²) in [6.45, 7) is 0.775. The van der Waals surface area contributed by atoms with Crippen molar-refractivity contribution in [3.63, 3.8) is 0 Å². The van der Waals surface area contributed by atoms with Crippen molar-refractivity contribution >= 4 is 32.4 Å². The number of benzene rings is 3. The number of fused-ring (bicyclic) bond motifs is 1. The van der Waals surface area contributed by atoms with Crippen molar-refractivity contribution < 1.29 is 17.9 Å². The van der Waals surface area contributed by atoms with Crippen molar-refractivity contribution in [1.82, 2.24) is 14.3 Å². The third kappa shape index (κ3) is 5.94. The van der Waals surface area contributed by atoms with Crippen LogP contribution in [0, 0.1) is 11.8 Å². The lowest BCUT2D eigenvalue weighted by molar-refractivity contribution is 0.379. The van der Waals surface area contributed by atoms with Gasteiger partial charge < -0.3 is 14.8 Å². The van der Waals surface area contributed by atoms with E-state index in [0.29, 0.717) is 36.8 Å². The predicted molar refractivity (Wildman–Crippen MR) is 148 cm³/mol. The van der Waals surface area contributed by atoms with Crippen LogP contribution in [-0.4, -0.2) is 49.1 Å². The van der Waals surface area contributed by atoms with Crippen LogP contribution in [0.25, 0.3) is 10.9 Å². The normalized spacial score (nSPS) is 13.8. The van der Waals surface area contributed by atoms with Crippen molar-refractivity contribution in [2.24, 2.45) is 0 Å². The number of nitrogens with one attached hydrogen (secondary N) is 1. The molecule has 1 aliphatic heterocycles. The maximum Gasteiger partial charge on any atom is 0.211 e. The Bertz CT molecular complexity index is 1680. The lowest BCUT2D eigenvalue weighted by Gasteiger charge is -2.22. The van der Waals surface area contributed by atoms with Gasteiger partial charge in [-0.05, 0) is 48.9 Å². The van der Waals surface area contributed by atoms with Gasteiger partial charge in [0.1, 0.15) is 17.9 Å². The average molecular weight is 527 g/mol. The predicted octanol–water partition coefficient (Wildman–Crippen LogP) is 5.12. The molecule has 0 radical (unpaired) electrons. The van der Waals surface area contributed by atoms with Crippen LogP contribution in [0.5, 0.6) is 17.2 Å². The molecule has 0 aliphatic carbocycles. The molecule has 0 unspecified atom stereocenters. The molecule has 1 N–H and O–H groups in total. The molecule has 5 rings (SSSR count). The standard InChI is InChI=1S/C29H26N4O4S/c1-36-28-18-23(13-15-27(28)37-24-8-4-3-5-9-24)32-29-25-17-21(12-14-26(25)30-20-31-29)10-11-22-7-6-16-33(19-22)38(2,34)35/h3-5,7-9,12-15,17-18,20H,6,16,19H2,1-2H3,(H,30,31,32). The summed E-state index contributed by atoms with van der Waals surface area (Å²) >= 11 is 0. The lowest BCUT2D eigenvalue weighted by atomic mass is 10.1. The molecule has 0 amide bonds. The highest BCUT2D eigenvalue weighted by Gasteiger charge is 2.19. The van der Waals surface area contributed by atoms with E-state index in [1.165, 1.54) is 16.9 Å². The second-order valence-corrected chi connectivity index (χ2v) is 10.7.